The van der Waals surface area contributed by atoms with Crippen molar-refractivity contribution in [3.63, 3.8) is 0 Å². The van der Waals surface area contributed by atoms with Crippen LogP contribution in [0.4, 0.5) is 4.39 Å². The number of benzene rings is 1. The van der Waals surface area contributed by atoms with Crippen LogP contribution < -0.4 is 5.32 Å². The van der Waals surface area contributed by atoms with Gasteiger partial charge in [0.1, 0.15) is 5.82 Å². The summed E-state index contributed by atoms with van der Waals surface area (Å²) in [6.45, 7) is 4.90. The molecule has 0 heterocycles. The topological polar surface area (TPSA) is 12.0 Å². The third kappa shape index (κ3) is 3.99. The summed E-state index contributed by atoms with van der Waals surface area (Å²) in [6.07, 6.45) is 2.59. The van der Waals surface area contributed by atoms with E-state index in [9.17, 15) is 4.39 Å². The zero-order chi connectivity index (χ0) is 11.4. The first kappa shape index (κ1) is 11.7. The lowest BCUT2D eigenvalue weighted by Crippen LogP contribution is -2.19. The maximum atomic E-state index is 12.9. The maximum Gasteiger partial charge on any atom is 0.124 e. The van der Waals surface area contributed by atoms with Crippen molar-refractivity contribution in [3.05, 3.63) is 42.2 Å². The second kappa shape index (κ2) is 5.51. The van der Waals surface area contributed by atoms with Gasteiger partial charge in [-0.05, 0) is 31.0 Å². The van der Waals surface area contributed by atoms with Crippen LogP contribution in [0, 0.1) is 5.82 Å². The van der Waals surface area contributed by atoms with Gasteiger partial charge in [0.15, 0.2) is 0 Å². The molecule has 1 nitrogen and oxygen atoms in total. The highest BCUT2D eigenvalue weighted by molar-refractivity contribution is 7.99. The number of halogens is 1. The summed E-state index contributed by atoms with van der Waals surface area (Å²) in [4.78, 5) is 0.965. The van der Waals surface area contributed by atoms with E-state index in [0.717, 1.165) is 23.2 Å². The molecule has 1 aromatic carbocycles. The van der Waals surface area contributed by atoms with E-state index in [1.807, 2.05) is 6.07 Å². The molecule has 0 bridgehead atoms. The van der Waals surface area contributed by atoms with Crippen LogP contribution >= 0.6 is 11.8 Å². The first-order valence-corrected chi connectivity index (χ1v) is 6.51. The molecule has 0 aromatic heterocycles. The minimum absolute atomic E-state index is 0.174. The molecule has 86 valence electrons. The zero-order valence-corrected chi connectivity index (χ0v) is 10.0. The highest BCUT2D eigenvalue weighted by Gasteiger charge is 2.19. The minimum Gasteiger partial charge on any atom is -0.310 e. The largest absolute Gasteiger partial charge is 0.310 e. The van der Waals surface area contributed by atoms with Gasteiger partial charge in [-0.25, -0.2) is 4.39 Å². The van der Waals surface area contributed by atoms with Crippen molar-refractivity contribution >= 4 is 11.8 Å². The smallest absolute Gasteiger partial charge is 0.124 e. The van der Waals surface area contributed by atoms with Gasteiger partial charge in [0.2, 0.25) is 0 Å². The maximum absolute atomic E-state index is 12.9. The van der Waals surface area contributed by atoms with Crippen LogP contribution in [-0.2, 0) is 0 Å². The van der Waals surface area contributed by atoms with E-state index in [0.29, 0.717) is 0 Å². The molecule has 1 aromatic rings. The molecule has 0 unspecified atom stereocenters. The lowest BCUT2D eigenvalue weighted by Gasteiger charge is -2.06. The van der Waals surface area contributed by atoms with E-state index in [1.54, 1.807) is 23.9 Å². The third-order valence-electron chi connectivity index (χ3n) is 2.46. The quantitative estimate of drug-likeness (QED) is 0.602. The molecular weight excluding hydrogens is 221 g/mol. The normalized spacial score (nSPS) is 15.1. The SMILES string of the molecule is C=C(CNC1CC1)CSc1cccc(F)c1. The summed E-state index contributed by atoms with van der Waals surface area (Å²) in [5.41, 5.74) is 1.17. The Labute approximate surface area is 100 Å². The van der Waals surface area contributed by atoms with Gasteiger partial charge < -0.3 is 5.32 Å². The number of hydrogen-bond donors (Lipinski definition) is 1. The average Bonchev–Trinajstić information content (AvgIpc) is 3.07. The molecule has 0 spiro atoms. The van der Waals surface area contributed by atoms with Gasteiger partial charge in [0.05, 0.1) is 0 Å². The highest BCUT2D eigenvalue weighted by atomic mass is 32.2. The van der Waals surface area contributed by atoms with E-state index >= 15 is 0 Å². The molecule has 2 rings (SSSR count). The van der Waals surface area contributed by atoms with Crippen LogP contribution in [-0.4, -0.2) is 18.3 Å². The summed E-state index contributed by atoms with van der Waals surface area (Å²) in [5, 5.41) is 3.42. The monoisotopic (exact) mass is 237 g/mol. The molecule has 0 atom stereocenters. The van der Waals surface area contributed by atoms with Crippen LogP contribution in [0.3, 0.4) is 0 Å². The Morgan fingerprint density at radius 2 is 2.31 bits per heavy atom. The molecule has 1 N–H and O–H groups in total. The lowest BCUT2D eigenvalue weighted by molar-refractivity contribution is 0.624. The van der Waals surface area contributed by atoms with E-state index in [2.05, 4.69) is 11.9 Å². The Kier molecular flexibility index (Phi) is 4.02. The number of thioether (sulfide) groups is 1. The minimum atomic E-state index is -0.174. The van der Waals surface area contributed by atoms with Crippen molar-refractivity contribution in [2.75, 3.05) is 12.3 Å². The number of hydrogen-bond acceptors (Lipinski definition) is 2. The van der Waals surface area contributed by atoms with E-state index in [4.69, 9.17) is 0 Å². The van der Waals surface area contributed by atoms with Crippen molar-refractivity contribution in [2.24, 2.45) is 0 Å². The molecule has 1 fully saturated rings. The van der Waals surface area contributed by atoms with Crippen molar-refractivity contribution in [2.45, 2.75) is 23.8 Å². The fraction of sp³-hybridized carbons (Fsp3) is 0.385. The summed E-state index contributed by atoms with van der Waals surface area (Å²) in [7, 11) is 0. The third-order valence-corrected chi connectivity index (χ3v) is 3.60. The lowest BCUT2D eigenvalue weighted by atomic mass is 10.3. The van der Waals surface area contributed by atoms with Gasteiger partial charge in [-0.15, -0.1) is 11.8 Å². The summed E-state index contributed by atoms with van der Waals surface area (Å²) < 4.78 is 12.9. The van der Waals surface area contributed by atoms with Gasteiger partial charge in [-0.3, -0.25) is 0 Å². The first-order chi connectivity index (χ1) is 7.74. The predicted molar refractivity (Wildman–Crippen MR) is 67.3 cm³/mol. The Morgan fingerprint density at radius 3 is 3.00 bits per heavy atom. The van der Waals surface area contributed by atoms with Crippen molar-refractivity contribution in [1.29, 1.82) is 0 Å². The molecule has 16 heavy (non-hydrogen) atoms. The van der Waals surface area contributed by atoms with Crippen molar-refractivity contribution in [3.8, 4) is 0 Å². The van der Waals surface area contributed by atoms with E-state index < -0.39 is 0 Å². The van der Waals surface area contributed by atoms with Crippen molar-refractivity contribution < 1.29 is 4.39 Å². The van der Waals surface area contributed by atoms with E-state index in [-0.39, 0.29) is 5.82 Å². The fourth-order valence-corrected chi connectivity index (χ4v) is 2.21. The average molecular weight is 237 g/mol. The molecule has 1 aliphatic rings. The highest BCUT2D eigenvalue weighted by Crippen LogP contribution is 2.22. The van der Waals surface area contributed by atoms with Crippen LogP contribution in [0.2, 0.25) is 0 Å². The Balaban J connectivity index is 1.71. The first-order valence-electron chi connectivity index (χ1n) is 5.52. The molecule has 0 radical (unpaired) electrons. The number of nitrogens with one attached hydrogen (secondary N) is 1. The van der Waals surface area contributed by atoms with E-state index in [1.165, 1.54) is 24.5 Å². The van der Waals surface area contributed by atoms with Crippen LogP contribution in [0.5, 0.6) is 0 Å². The molecule has 0 amide bonds. The molecule has 3 heteroatoms. The number of rotatable bonds is 6. The summed E-state index contributed by atoms with van der Waals surface area (Å²) in [5.74, 6) is 0.676. The van der Waals surface area contributed by atoms with Gasteiger partial charge in [-0.2, -0.15) is 0 Å². The fourth-order valence-electron chi connectivity index (χ4n) is 1.37. The molecule has 0 aliphatic heterocycles. The Bertz CT molecular complexity index is 374. The second-order valence-corrected chi connectivity index (χ2v) is 5.20. The zero-order valence-electron chi connectivity index (χ0n) is 9.21. The molecule has 1 aliphatic carbocycles. The van der Waals surface area contributed by atoms with Gasteiger partial charge in [0.25, 0.3) is 0 Å². The van der Waals surface area contributed by atoms with Crippen molar-refractivity contribution in [1.82, 2.24) is 5.32 Å². The van der Waals surface area contributed by atoms with Crippen LogP contribution in [0.1, 0.15) is 12.8 Å². The van der Waals surface area contributed by atoms with Crippen LogP contribution in [0.25, 0.3) is 0 Å². The summed E-state index contributed by atoms with van der Waals surface area (Å²) >= 11 is 1.64. The standard InChI is InChI=1S/C13H16FNS/c1-10(8-15-12-5-6-12)9-16-13-4-2-3-11(14)7-13/h2-4,7,12,15H,1,5-6,8-9H2. The Morgan fingerprint density at radius 1 is 1.50 bits per heavy atom. The van der Waals surface area contributed by atoms with Gasteiger partial charge in [0, 0.05) is 23.2 Å². The molecular formula is C13H16FNS. The predicted octanol–water partition coefficient (Wildman–Crippen LogP) is 3.23. The van der Waals surface area contributed by atoms with Gasteiger partial charge >= 0.3 is 0 Å². The Hall–Kier alpha value is -0.800. The molecule has 1 saturated carbocycles. The van der Waals surface area contributed by atoms with Gasteiger partial charge in [-0.1, -0.05) is 18.2 Å². The summed E-state index contributed by atoms with van der Waals surface area (Å²) in [6, 6.07) is 7.41. The second-order valence-electron chi connectivity index (χ2n) is 4.15. The molecule has 0 saturated heterocycles. The van der Waals surface area contributed by atoms with Crippen LogP contribution in [0.15, 0.2) is 41.3 Å².